The van der Waals surface area contributed by atoms with Crippen LogP contribution in [0, 0.1) is 0 Å². The number of ether oxygens (including phenoxy) is 1. The molecule has 2 unspecified atom stereocenters. The lowest BCUT2D eigenvalue weighted by atomic mass is 9.93. The molecule has 0 spiro atoms. The van der Waals surface area contributed by atoms with Gasteiger partial charge in [0.15, 0.2) is 0 Å². The van der Waals surface area contributed by atoms with Crippen molar-refractivity contribution in [2.24, 2.45) is 0 Å². The predicted octanol–water partition coefficient (Wildman–Crippen LogP) is 2.19. The Bertz CT molecular complexity index is 523. The summed E-state index contributed by atoms with van der Waals surface area (Å²) in [5.74, 6) is 0.200. The first-order valence-electron chi connectivity index (χ1n) is 7.88. The molecular formula is C17H23NO3. The molecule has 2 atom stereocenters. The fourth-order valence-electron chi connectivity index (χ4n) is 3.26. The van der Waals surface area contributed by atoms with Crippen molar-refractivity contribution in [3.8, 4) is 0 Å². The number of aliphatic hydroxyl groups is 1. The summed E-state index contributed by atoms with van der Waals surface area (Å²) in [4.78, 5) is 13.8. The van der Waals surface area contributed by atoms with Crippen LogP contribution in [0.25, 0.3) is 0 Å². The third kappa shape index (κ3) is 2.97. The van der Waals surface area contributed by atoms with Crippen molar-refractivity contribution in [1.29, 1.82) is 0 Å². The number of carbonyl (C=O) groups is 1. The van der Waals surface area contributed by atoms with Crippen LogP contribution in [0.15, 0.2) is 18.2 Å². The molecule has 0 aliphatic carbocycles. The Kier molecular flexibility index (Phi) is 4.27. The minimum atomic E-state index is -0.560. The van der Waals surface area contributed by atoms with E-state index in [-0.39, 0.29) is 12.0 Å². The second-order valence-corrected chi connectivity index (χ2v) is 5.94. The van der Waals surface area contributed by atoms with Crippen molar-refractivity contribution in [3.63, 3.8) is 0 Å². The van der Waals surface area contributed by atoms with Crippen LogP contribution in [-0.4, -0.2) is 35.2 Å². The maximum absolute atomic E-state index is 11.9. The lowest BCUT2D eigenvalue weighted by molar-refractivity contribution is -0.131. The third-order valence-electron chi connectivity index (χ3n) is 4.56. The summed E-state index contributed by atoms with van der Waals surface area (Å²) in [6, 6.07) is 6.15. The molecule has 2 aliphatic rings. The van der Waals surface area contributed by atoms with Gasteiger partial charge in [-0.1, -0.05) is 25.1 Å². The molecule has 0 saturated carbocycles. The predicted molar refractivity (Wildman–Crippen MR) is 79.8 cm³/mol. The van der Waals surface area contributed by atoms with Crippen molar-refractivity contribution in [2.45, 2.75) is 51.4 Å². The van der Waals surface area contributed by atoms with Crippen LogP contribution in [0.3, 0.4) is 0 Å². The highest BCUT2D eigenvalue weighted by Gasteiger charge is 2.27. The van der Waals surface area contributed by atoms with Crippen LogP contribution < -0.4 is 0 Å². The van der Waals surface area contributed by atoms with Gasteiger partial charge in [0, 0.05) is 26.1 Å². The molecule has 0 bridgehead atoms. The summed E-state index contributed by atoms with van der Waals surface area (Å²) >= 11 is 0. The molecule has 3 rings (SSSR count). The maximum Gasteiger partial charge on any atom is 0.222 e. The van der Waals surface area contributed by atoms with Gasteiger partial charge in [-0.25, -0.2) is 0 Å². The number of fused-ring (bicyclic) bond motifs is 1. The van der Waals surface area contributed by atoms with E-state index in [1.165, 1.54) is 5.56 Å². The number of hydrogen-bond acceptors (Lipinski definition) is 3. The summed E-state index contributed by atoms with van der Waals surface area (Å²) < 4.78 is 5.58. The molecular weight excluding hydrogens is 266 g/mol. The van der Waals surface area contributed by atoms with E-state index >= 15 is 0 Å². The fraction of sp³-hybridized carbons (Fsp3) is 0.588. The molecule has 2 heterocycles. The smallest absolute Gasteiger partial charge is 0.222 e. The van der Waals surface area contributed by atoms with E-state index in [4.69, 9.17) is 4.74 Å². The Morgan fingerprint density at radius 1 is 1.48 bits per heavy atom. The minimum Gasteiger partial charge on any atom is -0.386 e. The molecule has 1 aromatic carbocycles. The summed E-state index contributed by atoms with van der Waals surface area (Å²) in [6.45, 7) is 4.10. The number of carbonyl (C=O) groups excluding carboxylic acids is 1. The van der Waals surface area contributed by atoms with Gasteiger partial charge in [0.1, 0.15) is 6.10 Å². The van der Waals surface area contributed by atoms with E-state index < -0.39 is 6.10 Å². The highest BCUT2D eigenvalue weighted by atomic mass is 16.5. The van der Waals surface area contributed by atoms with Gasteiger partial charge >= 0.3 is 0 Å². The average molecular weight is 289 g/mol. The van der Waals surface area contributed by atoms with Crippen molar-refractivity contribution >= 4 is 5.91 Å². The minimum absolute atomic E-state index is 0.0833. The van der Waals surface area contributed by atoms with Crippen LogP contribution in [0.5, 0.6) is 0 Å². The maximum atomic E-state index is 11.9. The largest absolute Gasteiger partial charge is 0.386 e. The average Bonchev–Trinajstić information content (AvgIpc) is 3.06. The number of rotatable bonds is 3. The third-order valence-corrected chi connectivity index (χ3v) is 4.56. The SMILES string of the molecule is CCC(=O)N1CCc2ccc(C(O)C3CCCO3)cc2C1. The lowest BCUT2D eigenvalue weighted by Gasteiger charge is -2.29. The zero-order valence-electron chi connectivity index (χ0n) is 12.5. The Labute approximate surface area is 125 Å². The molecule has 1 amide bonds. The highest BCUT2D eigenvalue weighted by Crippen LogP contribution is 2.29. The summed E-state index contributed by atoms with van der Waals surface area (Å²) in [5, 5.41) is 10.4. The van der Waals surface area contributed by atoms with Crippen LogP contribution >= 0.6 is 0 Å². The molecule has 1 fully saturated rings. The molecule has 1 saturated heterocycles. The summed E-state index contributed by atoms with van der Waals surface area (Å²) in [7, 11) is 0. The van der Waals surface area contributed by atoms with Gasteiger partial charge in [-0.3, -0.25) is 4.79 Å². The molecule has 0 aromatic heterocycles. The standard InChI is InChI=1S/C17H23NO3/c1-2-16(19)18-8-7-12-5-6-13(10-14(12)11-18)17(20)15-4-3-9-21-15/h5-6,10,15,17,20H,2-4,7-9,11H2,1H3. The van der Waals surface area contributed by atoms with Gasteiger partial charge in [0.2, 0.25) is 5.91 Å². The first-order valence-corrected chi connectivity index (χ1v) is 7.88. The Morgan fingerprint density at radius 2 is 2.33 bits per heavy atom. The Morgan fingerprint density at radius 3 is 3.05 bits per heavy atom. The van der Waals surface area contributed by atoms with Crippen LogP contribution in [0.1, 0.15) is 49.0 Å². The van der Waals surface area contributed by atoms with E-state index in [9.17, 15) is 9.90 Å². The highest BCUT2D eigenvalue weighted by molar-refractivity contribution is 5.76. The lowest BCUT2D eigenvalue weighted by Crippen LogP contribution is -2.35. The monoisotopic (exact) mass is 289 g/mol. The van der Waals surface area contributed by atoms with Gasteiger partial charge in [-0.2, -0.15) is 0 Å². The van der Waals surface area contributed by atoms with E-state index in [1.807, 2.05) is 17.9 Å². The Hall–Kier alpha value is -1.39. The quantitative estimate of drug-likeness (QED) is 0.928. The summed E-state index contributed by atoms with van der Waals surface area (Å²) in [6.07, 6.45) is 2.74. The second-order valence-electron chi connectivity index (χ2n) is 5.94. The van der Waals surface area contributed by atoms with Gasteiger partial charge in [-0.15, -0.1) is 0 Å². The molecule has 114 valence electrons. The molecule has 2 aliphatic heterocycles. The van der Waals surface area contributed by atoms with Crippen LogP contribution in [-0.2, 0) is 22.5 Å². The van der Waals surface area contributed by atoms with Gasteiger partial charge in [0.05, 0.1) is 6.10 Å². The van der Waals surface area contributed by atoms with Crippen molar-refractivity contribution in [2.75, 3.05) is 13.2 Å². The number of benzene rings is 1. The van der Waals surface area contributed by atoms with Crippen molar-refractivity contribution in [1.82, 2.24) is 4.90 Å². The van der Waals surface area contributed by atoms with Crippen molar-refractivity contribution in [3.05, 3.63) is 34.9 Å². The van der Waals surface area contributed by atoms with Crippen molar-refractivity contribution < 1.29 is 14.6 Å². The van der Waals surface area contributed by atoms with Gasteiger partial charge in [-0.05, 0) is 36.0 Å². The van der Waals surface area contributed by atoms with Gasteiger partial charge < -0.3 is 14.7 Å². The fourth-order valence-corrected chi connectivity index (χ4v) is 3.26. The summed E-state index contributed by atoms with van der Waals surface area (Å²) in [5.41, 5.74) is 3.36. The molecule has 1 aromatic rings. The number of amides is 1. The second kappa shape index (κ2) is 6.16. The number of hydrogen-bond donors (Lipinski definition) is 1. The Balaban J connectivity index is 1.78. The van der Waals surface area contributed by atoms with Crippen LogP contribution in [0.2, 0.25) is 0 Å². The molecule has 4 heteroatoms. The zero-order valence-corrected chi connectivity index (χ0v) is 12.5. The normalized spacial score (nSPS) is 23.0. The zero-order chi connectivity index (χ0) is 14.8. The number of nitrogens with zero attached hydrogens (tertiary/aromatic N) is 1. The molecule has 4 nitrogen and oxygen atoms in total. The van der Waals surface area contributed by atoms with E-state index in [0.29, 0.717) is 13.0 Å². The van der Waals surface area contributed by atoms with Gasteiger partial charge in [0.25, 0.3) is 0 Å². The molecule has 21 heavy (non-hydrogen) atoms. The van der Waals surface area contributed by atoms with E-state index in [1.54, 1.807) is 0 Å². The van der Waals surface area contributed by atoms with E-state index in [2.05, 4.69) is 12.1 Å². The topological polar surface area (TPSA) is 49.8 Å². The number of aliphatic hydroxyl groups excluding tert-OH is 1. The molecule has 0 radical (unpaired) electrons. The van der Waals surface area contributed by atoms with E-state index in [0.717, 1.165) is 43.5 Å². The first kappa shape index (κ1) is 14.5. The molecule has 1 N–H and O–H groups in total. The first-order chi connectivity index (χ1) is 10.2. The van der Waals surface area contributed by atoms with Crippen LogP contribution in [0.4, 0.5) is 0 Å².